The maximum Gasteiger partial charge on any atom is 0.363 e. The van der Waals surface area contributed by atoms with E-state index in [1.165, 1.54) is 6.07 Å². The summed E-state index contributed by atoms with van der Waals surface area (Å²) in [5.74, 6) is -0.103. The smallest absolute Gasteiger partial charge is 0.363 e. The molecule has 2 aliphatic heterocycles. The van der Waals surface area contributed by atoms with Gasteiger partial charge in [0.2, 0.25) is 0 Å². The van der Waals surface area contributed by atoms with Crippen LogP contribution in [0.1, 0.15) is 0 Å². The maximum atomic E-state index is 10.6. The number of nitrogens with zero attached hydrogens (tertiary/aromatic N) is 4. The van der Waals surface area contributed by atoms with Gasteiger partial charge in [-0.3, -0.25) is 4.90 Å². The molecule has 2 saturated heterocycles. The van der Waals surface area contributed by atoms with Gasteiger partial charge in [0, 0.05) is 32.2 Å². The minimum atomic E-state index is -0.474. The van der Waals surface area contributed by atoms with Crippen LogP contribution in [0.3, 0.4) is 0 Å². The van der Waals surface area contributed by atoms with Gasteiger partial charge in [0.05, 0.1) is 24.9 Å². The Bertz CT molecular complexity index is 453. The number of hydrogen-bond donors (Lipinski definition) is 0. The summed E-state index contributed by atoms with van der Waals surface area (Å²) in [4.78, 5) is 18.6. The quantitative estimate of drug-likeness (QED) is 0.585. The number of piperazine rings is 1. The Balaban J connectivity index is 1.59. The van der Waals surface area contributed by atoms with Gasteiger partial charge in [-0.25, -0.2) is 0 Å². The van der Waals surface area contributed by atoms with Crippen LogP contribution in [0.4, 0.5) is 11.5 Å². The number of aromatic nitrogens is 1. The van der Waals surface area contributed by atoms with E-state index in [1.54, 1.807) is 12.3 Å². The minimum Gasteiger partial charge on any atom is -0.378 e. The number of ether oxygens (including phenoxy) is 1. The van der Waals surface area contributed by atoms with Crippen molar-refractivity contribution in [1.82, 2.24) is 9.88 Å². The highest BCUT2D eigenvalue weighted by Gasteiger charge is 2.29. The Morgan fingerprint density at radius 1 is 1.26 bits per heavy atom. The highest BCUT2D eigenvalue weighted by atomic mass is 16.6. The average Bonchev–Trinajstić information content (AvgIpc) is 2.38. The van der Waals surface area contributed by atoms with Gasteiger partial charge in [0.25, 0.3) is 0 Å². The summed E-state index contributed by atoms with van der Waals surface area (Å²) >= 11 is 0. The number of rotatable bonds is 3. The van der Waals surface area contributed by atoms with Crippen LogP contribution in [0.15, 0.2) is 18.3 Å². The molecule has 102 valence electrons. The van der Waals surface area contributed by atoms with Crippen molar-refractivity contribution in [2.24, 2.45) is 0 Å². The third-order valence-corrected chi connectivity index (χ3v) is 3.74. The first-order valence-electron chi connectivity index (χ1n) is 6.41. The van der Waals surface area contributed by atoms with Crippen molar-refractivity contribution in [2.45, 2.75) is 6.04 Å². The van der Waals surface area contributed by atoms with Gasteiger partial charge in [0.15, 0.2) is 6.20 Å². The lowest BCUT2D eigenvalue weighted by Crippen LogP contribution is -2.56. The van der Waals surface area contributed by atoms with Gasteiger partial charge in [-0.2, -0.15) is 0 Å². The average molecular weight is 264 g/mol. The molecule has 0 bridgehead atoms. The monoisotopic (exact) mass is 264 g/mol. The first kappa shape index (κ1) is 12.3. The molecule has 0 radical (unpaired) electrons. The topological polar surface area (TPSA) is 71.7 Å². The molecule has 3 heterocycles. The van der Waals surface area contributed by atoms with Crippen molar-refractivity contribution >= 4 is 11.5 Å². The third-order valence-electron chi connectivity index (χ3n) is 3.74. The number of anilines is 1. The Kier molecular flexibility index (Phi) is 3.31. The molecule has 0 amide bonds. The van der Waals surface area contributed by atoms with Gasteiger partial charge in [-0.15, -0.1) is 0 Å². The van der Waals surface area contributed by atoms with Crippen LogP contribution in [0.5, 0.6) is 0 Å². The van der Waals surface area contributed by atoms with Crippen LogP contribution >= 0.6 is 0 Å². The van der Waals surface area contributed by atoms with Crippen molar-refractivity contribution < 1.29 is 9.66 Å². The van der Waals surface area contributed by atoms with E-state index in [0.717, 1.165) is 45.1 Å². The maximum absolute atomic E-state index is 10.6. The molecule has 7 heteroatoms. The van der Waals surface area contributed by atoms with E-state index in [0.29, 0.717) is 6.04 Å². The van der Waals surface area contributed by atoms with E-state index >= 15 is 0 Å². The molecular weight excluding hydrogens is 248 g/mol. The minimum absolute atomic E-state index is 0.103. The zero-order valence-electron chi connectivity index (χ0n) is 10.6. The summed E-state index contributed by atoms with van der Waals surface area (Å²) in [7, 11) is 0. The SMILES string of the molecule is O=[N+]([O-])c1ccc(N2CCN(C3COC3)CC2)cn1. The zero-order valence-corrected chi connectivity index (χ0v) is 10.6. The standard InChI is InChI=1S/C12H16N4O3/c17-16(18)12-2-1-10(7-13-12)14-3-5-15(6-4-14)11-8-19-9-11/h1-2,7,11H,3-6,8-9H2. The molecule has 0 spiro atoms. The second-order valence-electron chi connectivity index (χ2n) is 4.85. The first-order chi connectivity index (χ1) is 9.24. The molecule has 7 nitrogen and oxygen atoms in total. The summed E-state index contributed by atoms with van der Waals surface area (Å²) in [5.41, 5.74) is 0.954. The summed E-state index contributed by atoms with van der Waals surface area (Å²) in [6, 6.07) is 3.81. The van der Waals surface area contributed by atoms with E-state index in [9.17, 15) is 10.1 Å². The predicted molar refractivity (Wildman–Crippen MR) is 69.3 cm³/mol. The van der Waals surface area contributed by atoms with E-state index in [4.69, 9.17) is 4.74 Å². The molecule has 0 aromatic carbocycles. The molecule has 2 aliphatic rings. The van der Waals surface area contributed by atoms with Gasteiger partial charge in [-0.1, -0.05) is 0 Å². The summed E-state index contributed by atoms with van der Waals surface area (Å²) in [6.45, 7) is 5.56. The van der Waals surface area contributed by atoms with Crippen LogP contribution in [0.25, 0.3) is 0 Å². The molecule has 1 aromatic heterocycles. The fraction of sp³-hybridized carbons (Fsp3) is 0.583. The molecule has 1 aromatic rings. The second kappa shape index (κ2) is 5.10. The zero-order chi connectivity index (χ0) is 13.2. The van der Waals surface area contributed by atoms with Crippen molar-refractivity contribution in [2.75, 3.05) is 44.3 Å². The van der Waals surface area contributed by atoms with Crippen molar-refractivity contribution in [3.8, 4) is 0 Å². The van der Waals surface area contributed by atoms with Crippen LogP contribution in [-0.2, 0) is 4.74 Å². The van der Waals surface area contributed by atoms with Gasteiger partial charge in [0.1, 0.15) is 0 Å². The Labute approximate surface area is 110 Å². The molecule has 0 saturated carbocycles. The molecule has 0 atom stereocenters. The molecule has 3 rings (SSSR count). The molecule has 19 heavy (non-hydrogen) atoms. The number of nitro groups is 1. The predicted octanol–water partition coefficient (Wildman–Crippen LogP) is 0.511. The van der Waals surface area contributed by atoms with Crippen LogP contribution in [0, 0.1) is 10.1 Å². The summed E-state index contributed by atoms with van der Waals surface area (Å²) in [6.07, 6.45) is 1.58. The van der Waals surface area contributed by atoms with Crippen LogP contribution in [-0.4, -0.2) is 60.2 Å². The summed E-state index contributed by atoms with van der Waals surface area (Å²) in [5, 5.41) is 10.6. The van der Waals surface area contributed by atoms with Crippen molar-refractivity contribution in [3.05, 3.63) is 28.4 Å². The van der Waals surface area contributed by atoms with Crippen molar-refractivity contribution in [1.29, 1.82) is 0 Å². The van der Waals surface area contributed by atoms with Crippen LogP contribution in [0.2, 0.25) is 0 Å². The fourth-order valence-corrected chi connectivity index (χ4v) is 2.45. The fourth-order valence-electron chi connectivity index (χ4n) is 2.45. The molecule has 2 fully saturated rings. The molecule has 0 unspecified atom stereocenters. The Morgan fingerprint density at radius 2 is 2.00 bits per heavy atom. The van der Waals surface area contributed by atoms with Crippen molar-refractivity contribution in [3.63, 3.8) is 0 Å². The number of hydrogen-bond acceptors (Lipinski definition) is 6. The van der Waals surface area contributed by atoms with E-state index in [2.05, 4.69) is 14.8 Å². The second-order valence-corrected chi connectivity index (χ2v) is 4.85. The Hall–Kier alpha value is -1.73. The highest BCUT2D eigenvalue weighted by molar-refractivity contribution is 5.46. The summed E-state index contributed by atoms with van der Waals surface area (Å²) < 4.78 is 5.21. The van der Waals surface area contributed by atoms with Gasteiger partial charge < -0.3 is 19.8 Å². The molecular formula is C12H16N4O3. The number of pyridine rings is 1. The molecule has 0 N–H and O–H groups in total. The van der Waals surface area contributed by atoms with Gasteiger partial charge in [-0.05, 0) is 16.0 Å². The molecule has 0 aliphatic carbocycles. The largest absolute Gasteiger partial charge is 0.378 e. The van der Waals surface area contributed by atoms with Gasteiger partial charge >= 0.3 is 5.82 Å². The lowest BCUT2D eigenvalue weighted by atomic mass is 10.2. The lowest BCUT2D eigenvalue weighted by molar-refractivity contribution is -0.389. The lowest BCUT2D eigenvalue weighted by Gasteiger charge is -2.42. The van der Waals surface area contributed by atoms with E-state index in [-0.39, 0.29) is 5.82 Å². The van der Waals surface area contributed by atoms with E-state index < -0.39 is 4.92 Å². The normalized spacial score (nSPS) is 21.2. The van der Waals surface area contributed by atoms with Crippen LogP contribution < -0.4 is 4.90 Å². The highest BCUT2D eigenvalue weighted by Crippen LogP contribution is 2.20. The third kappa shape index (κ3) is 2.52. The Morgan fingerprint density at radius 3 is 2.47 bits per heavy atom. The first-order valence-corrected chi connectivity index (χ1v) is 6.41. The van der Waals surface area contributed by atoms with E-state index in [1.807, 2.05) is 0 Å².